The van der Waals surface area contributed by atoms with Crippen molar-refractivity contribution in [1.82, 2.24) is 4.98 Å². The monoisotopic (exact) mass is 215 g/mol. The van der Waals surface area contributed by atoms with Crippen LogP contribution in [0.2, 0.25) is 0 Å². The molecule has 0 spiro atoms. The molecule has 1 N–H and O–H groups in total. The van der Waals surface area contributed by atoms with Crippen LogP contribution in [0.15, 0.2) is 36.7 Å². The van der Waals surface area contributed by atoms with Crippen molar-refractivity contribution in [3.63, 3.8) is 0 Å². The van der Waals surface area contributed by atoms with Crippen molar-refractivity contribution < 1.29 is 9.90 Å². The standard InChI is InChI=1S/C13H13NO2/c15-13(16)6-2-5-10-3-1-4-11-7-8-14-9-12(10)11/h1,3-4,7-9H,2,5-6H2,(H,15,16). The van der Waals surface area contributed by atoms with E-state index in [1.165, 1.54) is 5.56 Å². The fourth-order valence-corrected chi connectivity index (χ4v) is 1.82. The van der Waals surface area contributed by atoms with Gasteiger partial charge < -0.3 is 5.11 Å². The van der Waals surface area contributed by atoms with Gasteiger partial charge in [0.15, 0.2) is 0 Å². The lowest BCUT2D eigenvalue weighted by Gasteiger charge is -2.04. The Morgan fingerprint density at radius 3 is 3.00 bits per heavy atom. The maximum Gasteiger partial charge on any atom is 0.303 e. The van der Waals surface area contributed by atoms with E-state index >= 15 is 0 Å². The predicted molar refractivity (Wildman–Crippen MR) is 62.3 cm³/mol. The largest absolute Gasteiger partial charge is 0.481 e. The Labute approximate surface area is 93.7 Å². The van der Waals surface area contributed by atoms with E-state index in [2.05, 4.69) is 4.98 Å². The molecule has 1 aromatic heterocycles. The van der Waals surface area contributed by atoms with E-state index in [1.54, 1.807) is 6.20 Å². The van der Waals surface area contributed by atoms with E-state index in [-0.39, 0.29) is 6.42 Å². The average Bonchev–Trinajstić information content (AvgIpc) is 2.29. The van der Waals surface area contributed by atoms with Crippen LogP contribution in [0.25, 0.3) is 10.8 Å². The number of carbonyl (C=O) groups is 1. The van der Waals surface area contributed by atoms with E-state index in [0.717, 1.165) is 17.2 Å². The van der Waals surface area contributed by atoms with Crippen molar-refractivity contribution in [2.45, 2.75) is 19.3 Å². The van der Waals surface area contributed by atoms with Crippen LogP contribution in [0.5, 0.6) is 0 Å². The molecular formula is C13H13NO2. The van der Waals surface area contributed by atoms with Gasteiger partial charge in [-0.25, -0.2) is 0 Å². The molecule has 3 heteroatoms. The van der Waals surface area contributed by atoms with E-state index in [4.69, 9.17) is 5.11 Å². The molecule has 0 bridgehead atoms. The Hall–Kier alpha value is -1.90. The molecule has 0 unspecified atom stereocenters. The van der Waals surface area contributed by atoms with Gasteiger partial charge in [-0.05, 0) is 29.9 Å². The molecule has 0 atom stereocenters. The first-order valence-electron chi connectivity index (χ1n) is 5.31. The van der Waals surface area contributed by atoms with E-state index in [0.29, 0.717) is 6.42 Å². The van der Waals surface area contributed by atoms with Gasteiger partial charge in [-0.1, -0.05) is 18.2 Å². The molecule has 2 aromatic rings. The number of carboxylic acids is 1. The Morgan fingerprint density at radius 2 is 2.19 bits per heavy atom. The van der Waals surface area contributed by atoms with Crippen LogP contribution in [0.1, 0.15) is 18.4 Å². The van der Waals surface area contributed by atoms with E-state index in [9.17, 15) is 4.79 Å². The van der Waals surface area contributed by atoms with Crippen LogP contribution in [-0.2, 0) is 11.2 Å². The number of aryl methyl sites for hydroxylation is 1. The summed E-state index contributed by atoms with van der Waals surface area (Å²) in [5.41, 5.74) is 1.17. The third kappa shape index (κ3) is 2.37. The number of fused-ring (bicyclic) bond motifs is 1. The molecule has 1 aromatic carbocycles. The van der Waals surface area contributed by atoms with Crippen molar-refractivity contribution in [1.29, 1.82) is 0 Å². The number of rotatable bonds is 4. The Balaban J connectivity index is 2.20. The summed E-state index contributed by atoms with van der Waals surface area (Å²) >= 11 is 0. The topological polar surface area (TPSA) is 50.2 Å². The number of aromatic nitrogens is 1. The SMILES string of the molecule is O=C(O)CCCc1cccc2ccncc12. The molecule has 0 aliphatic rings. The second kappa shape index (κ2) is 4.75. The number of pyridine rings is 1. The quantitative estimate of drug-likeness (QED) is 0.852. The van der Waals surface area contributed by atoms with Crippen molar-refractivity contribution >= 4 is 16.7 Å². The summed E-state index contributed by atoms with van der Waals surface area (Å²) in [4.78, 5) is 14.5. The van der Waals surface area contributed by atoms with Gasteiger partial charge in [0.1, 0.15) is 0 Å². The number of hydrogen-bond donors (Lipinski definition) is 1. The molecule has 0 radical (unpaired) electrons. The summed E-state index contributed by atoms with van der Waals surface area (Å²) in [6.07, 6.45) is 5.28. The summed E-state index contributed by atoms with van der Waals surface area (Å²) in [6, 6.07) is 8.04. The van der Waals surface area contributed by atoms with E-state index in [1.807, 2.05) is 30.5 Å². The molecule has 0 saturated carbocycles. The van der Waals surface area contributed by atoms with Gasteiger partial charge >= 0.3 is 5.97 Å². The second-order valence-corrected chi connectivity index (χ2v) is 3.76. The summed E-state index contributed by atoms with van der Waals surface area (Å²) in [5, 5.41) is 10.9. The van der Waals surface area contributed by atoms with Crippen LogP contribution >= 0.6 is 0 Å². The summed E-state index contributed by atoms with van der Waals surface area (Å²) < 4.78 is 0. The molecule has 0 fully saturated rings. The van der Waals surface area contributed by atoms with Gasteiger partial charge in [0.25, 0.3) is 0 Å². The molecule has 3 nitrogen and oxygen atoms in total. The summed E-state index contributed by atoms with van der Waals surface area (Å²) in [7, 11) is 0. The Morgan fingerprint density at radius 1 is 1.31 bits per heavy atom. The maximum atomic E-state index is 10.4. The molecule has 0 amide bonds. The minimum Gasteiger partial charge on any atom is -0.481 e. The Kier molecular flexibility index (Phi) is 3.15. The molecule has 1 heterocycles. The van der Waals surface area contributed by atoms with Gasteiger partial charge in [-0.2, -0.15) is 0 Å². The first-order chi connectivity index (χ1) is 7.77. The van der Waals surface area contributed by atoms with Crippen molar-refractivity contribution in [3.8, 4) is 0 Å². The fraction of sp³-hybridized carbons (Fsp3) is 0.231. The number of benzene rings is 1. The summed E-state index contributed by atoms with van der Waals surface area (Å²) in [5.74, 6) is -0.738. The number of hydrogen-bond acceptors (Lipinski definition) is 2. The zero-order valence-corrected chi connectivity index (χ0v) is 8.89. The van der Waals surface area contributed by atoms with Crippen molar-refractivity contribution in [2.24, 2.45) is 0 Å². The van der Waals surface area contributed by atoms with Crippen molar-refractivity contribution in [2.75, 3.05) is 0 Å². The van der Waals surface area contributed by atoms with Crippen LogP contribution < -0.4 is 0 Å². The molecular weight excluding hydrogens is 202 g/mol. The lowest BCUT2D eigenvalue weighted by atomic mass is 10.0. The first kappa shape index (κ1) is 10.6. The van der Waals surface area contributed by atoms with Crippen LogP contribution in [0, 0.1) is 0 Å². The predicted octanol–water partition coefficient (Wildman–Crippen LogP) is 2.64. The molecule has 0 aliphatic heterocycles. The van der Waals surface area contributed by atoms with Gasteiger partial charge in [0, 0.05) is 24.2 Å². The average molecular weight is 215 g/mol. The minimum atomic E-state index is -0.738. The molecule has 82 valence electrons. The minimum absolute atomic E-state index is 0.219. The van der Waals surface area contributed by atoms with Crippen LogP contribution in [-0.4, -0.2) is 16.1 Å². The van der Waals surface area contributed by atoms with Crippen LogP contribution in [0.4, 0.5) is 0 Å². The van der Waals surface area contributed by atoms with Gasteiger partial charge in [-0.15, -0.1) is 0 Å². The molecule has 2 rings (SSSR count). The highest BCUT2D eigenvalue weighted by Gasteiger charge is 2.02. The fourth-order valence-electron chi connectivity index (χ4n) is 1.82. The molecule has 16 heavy (non-hydrogen) atoms. The second-order valence-electron chi connectivity index (χ2n) is 3.76. The van der Waals surface area contributed by atoms with Gasteiger partial charge in [0.05, 0.1) is 0 Å². The third-order valence-electron chi connectivity index (χ3n) is 2.61. The van der Waals surface area contributed by atoms with Gasteiger partial charge in [-0.3, -0.25) is 9.78 Å². The number of aliphatic carboxylic acids is 1. The van der Waals surface area contributed by atoms with E-state index < -0.39 is 5.97 Å². The smallest absolute Gasteiger partial charge is 0.303 e. The highest BCUT2D eigenvalue weighted by Crippen LogP contribution is 2.18. The molecule has 0 aliphatic carbocycles. The van der Waals surface area contributed by atoms with Crippen LogP contribution in [0.3, 0.4) is 0 Å². The first-order valence-corrected chi connectivity index (χ1v) is 5.31. The Bertz CT molecular complexity index is 503. The molecule has 0 saturated heterocycles. The number of nitrogens with zero attached hydrogens (tertiary/aromatic N) is 1. The highest BCUT2D eigenvalue weighted by molar-refractivity contribution is 5.84. The zero-order valence-electron chi connectivity index (χ0n) is 8.89. The van der Waals surface area contributed by atoms with Crippen molar-refractivity contribution in [3.05, 3.63) is 42.2 Å². The third-order valence-corrected chi connectivity index (χ3v) is 2.61. The lowest BCUT2D eigenvalue weighted by Crippen LogP contribution is -1.96. The summed E-state index contributed by atoms with van der Waals surface area (Å²) in [6.45, 7) is 0. The zero-order chi connectivity index (χ0) is 11.4. The maximum absolute atomic E-state index is 10.4. The lowest BCUT2D eigenvalue weighted by molar-refractivity contribution is -0.137. The normalized spacial score (nSPS) is 10.5. The highest BCUT2D eigenvalue weighted by atomic mass is 16.4. The van der Waals surface area contributed by atoms with Gasteiger partial charge in [0.2, 0.25) is 0 Å². The number of carboxylic acid groups (broad SMARTS) is 1.